The number of pyridine rings is 1. The number of likely N-dealkylation sites (tertiary alicyclic amines) is 1. The quantitative estimate of drug-likeness (QED) is 0.627. The van der Waals surface area contributed by atoms with E-state index >= 15 is 0 Å². The van der Waals surface area contributed by atoms with E-state index in [1.165, 1.54) is 12.3 Å². The van der Waals surface area contributed by atoms with E-state index in [4.69, 9.17) is 5.41 Å². The van der Waals surface area contributed by atoms with Gasteiger partial charge in [0.1, 0.15) is 0 Å². The number of nitrogens with one attached hydrogen (secondary N) is 1. The van der Waals surface area contributed by atoms with Crippen molar-refractivity contribution in [3.63, 3.8) is 0 Å². The van der Waals surface area contributed by atoms with E-state index in [1.807, 2.05) is 6.07 Å². The molecule has 16 heavy (non-hydrogen) atoms. The highest BCUT2D eigenvalue weighted by Crippen LogP contribution is 2.16. The molecule has 0 aromatic carbocycles. The summed E-state index contributed by atoms with van der Waals surface area (Å²) in [6.45, 7) is 2.59. The van der Waals surface area contributed by atoms with Gasteiger partial charge in [-0.3, -0.25) is 4.90 Å². The van der Waals surface area contributed by atoms with Gasteiger partial charge in [-0.2, -0.15) is 4.39 Å². The Morgan fingerprint density at radius 3 is 3.19 bits per heavy atom. The summed E-state index contributed by atoms with van der Waals surface area (Å²) in [5.41, 5.74) is 0.769. The Morgan fingerprint density at radius 1 is 1.56 bits per heavy atom. The molecule has 1 N–H and O–H groups in total. The molecule has 4 heteroatoms. The van der Waals surface area contributed by atoms with Crippen molar-refractivity contribution in [2.75, 3.05) is 13.1 Å². The summed E-state index contributed by atoms with van der Waals surface area (Å²) < 4.78 is 12.9. The zero-order chi connectivity index (χ0) is 11.4. The Morgan fingerprint density at radius 2 is 2.44 bits per heavy atom. The predicted molar refractivity (Wildman–Crippen MR) is 61.0 cm³/mol. The van der Waals surface area contributed by atoms with Gasteiger partial charge in [0.25, 0.3) is 0 Å². The molecule has 1 aliphatic heterocycles. The Bertz CT molecular complexity index is 367. The lowest BCUT2D eigenvalue weighted by molar-refractivity contribution is 0.195. The molecule has 1 saturated heterocycles. The number of hydrogen-bond acceptors (Lipinski definition) is 3. The third kappa shape index (κ3) is 2.85. The average Bonchev–Trinajstić information content (AvgIpc) is 2.29. The maximum absolute atomic E-state index is 12.9. The molecular formula is C12H16FN3. The molecule has 0 unspecified atom stereocenters. The van der Waals surface area contributed by atoms with Gasteiger partial charge in [-0.15, -0.1) is 0 Å². The highest BCUT2D eigenvalue weighted by atomic mass is 19.1. The Kier molecular flexibility index (Phi) is 3.62. The third-order valence-corrected chi connectivity index (χ3v) is 2.94. The number of piperidine rings is 1. The van der Waals surface area contributed by atoms with Crippen molar-refractivity contribution in [3.05, 3.63) is 29.8 Å². The maximum Gasteiger partial charge on any atom is 0.213 e. The smallest absolute Gasteiger partial charge is 0.213 e. The summed E-state index contributed by atoms with van der Waals surface area (Å²) in [5, 5.41) is 7.27. The topological polar surface area (TPSA) is 40.0 Å². The molecule has 2 heterocycles. The van der Waals surface area contributed by atoms with Gasteiger partial charge in [0.15, 0.2) is 0 Å². The highest BCUT2D eigenvalue weighted by molar-refractivity contribution is 5.57. The summed E-state index contributed by atoms with van der Waals surface area (Å²) in [5.74, 6) is -0.0691. The fraction of sp³-hybridized carbons (Fsp3) is 0.500. The van der Waals surface area contributed by atoms with E-state index < -0.39 is 5.95 Å². The second-order valence-corrected chi connectivity index (χ2v) is 4.26. The first-order chi connectivity index (χ1) is 7.78. The van der Waals surface area contributed by atoms with Crippen LogP contribution in [0.4, 0.5) is 4.39 Å². The second kappa shape index (κ2) is 5.16. The van der Waals surface area contributed by atoms with Gasteiger partial charge in [-0.05, 0) is 37.7 Å². The standard InChI is InChI=1S/C12H16FN3/c13-12-5-1-4-11(15-12)9-16-6-2-3-10(7-14)8-16/h1,4-5,7,10,14H,2-3,6,8-9H2/t10-/m1/s1. The van der Waals surface area contributed by atoms with Gasteiger partial charge >= 0.3 is 0 Å². The second-order valence-electron chi connectivity index (χ2n) is 4.26. The first kappa shape index (κ1) is 11.2. The van der Waals surface area contributed by atoms with Crippen LogP contribution in [0.1, 0.15) is 18.5 Å². The van der Waals surface area contributed by atoms with Crippen LogP contribution in [0.3, 0.4) is 0 Å². The molecule has 3 nitrogen and oxygen atoms in total. The molecule has 0 amide bonds. The minimum atomic E-state index is -0.418. The van der Waals surface area contributed by atoms with Crippen LogP contribution in [0, 0.1) is 17.3 Å². The largest absolute Gasteiger partial charge is 0.313 e. The summed E-state index contributed by atoms with van der Waals surface area (Å²) in [6, 6.07) is 4.90. The Labute approximate surface area is 94.8 Å². The fourth-order valence-electron chi connectivity index (χ4n) is 2.14. The zero-order valence-corrected chi connectivity index (χ0v) is 9.19. The Hall–Kier alpha value is -1.29. The lowest BCUT2D eigenvalue weighted by atomic mass is 9.99. The average molecular weight is 221 g/mol. The molecule has 86 valence electrons. The molecule has 0 bridgehead atoms. The summed E-state index contributed by atoms with van der Waals surface area (Å²) >= 11 is 0. The van der Waals surface area contributed by atoms with Gasteiger partial charge in [-0.25, -0.2) is 4.98 Å². The lowest BCUT2D eigenvalue weighted by Gasteiger charge is -2.30. The number of nitrogens with zero attached hydrogens (tertiary/aromatic N) is 2. The minimum Gasteiger partial charge on any atom is -0.313 e. The minimum absolute atomic E-state index is 0.349. The van der Waals surface area contributed by atoms with Crippen molar-refractivity contribution < 1.29 is 4.39 Å². The van der Waals surface area contributed by atoms with Crippen LogP contribution in [0.15, 0.2) is 18.2 Å². The van der Waals surface area contributed by atoms with E-state index in [9.17, 15) is 4.39 Å². The first-order valence-electron chi connectivity index (χ1n) is 5.62. The van der Waals surface area contributed by atoms with E-state index in [2.05, 4.69) is 9.88 Å². The van der Waals surface area contributed by atoms with Gasteiger partial charge in [0.2, 0.25) is 5.95 Å². The van der Waals surface area contributed by atoms with Crippen LogP contribution < -0.4 is 0 Å². The number of halogens is 1. The normalized spacial score (nSPS) is 21.9. The maximum atomic E-state index is 12.9. The van der Waals surface area contributed by atoms with Crippen molar-refractivity contribution >= 4 is 6.21 Å². The van der Waals surface area contributed by atoms with Gasteiger partial charge in [0.05, 0.1) is 5.69 Å². The SMILES string of the molecule is N=C[C@H]1CCCN(Cc2cccc(F)n2)C1. The monoisotopic (exact) mass is 221 g/mol. The van der Waals surface area contributed by atoms with E-state index in [0.29, 0.717) is 12.5 Å². The number of rotatable bonds is 3. The van der Waals surface area contributed by atoms with Crippen molar-refractivity contribution in [2.24, 2.45) is 5.92 Å². The molecular weight excluding hydrogens is 205 g/mol. The van der Waals surface area contributed by atoms with Gasteiger partial charge < -0.3 is 5.41 Å². The fourth-order valence-corrected chi connectivity index (χ4v) is 2.14. The predicted octanol–water partition coefficient (Wildman–Crippen LogP) is 2.08. The highest BCUT2D eigenvalue weighted by Gasteiger charge is 2.18. The van der Waals surface area contributed by atoms with Crippen LogP contribution in [0.5, 0.6) is 0 Å². The van der Waals surface area contributed by atoms with Crippen LogP contribution in [-0.2, 0) is 6.54 Å². The third-order valence-electron chi connectivity index (χ3n) is 2.94. The molecule has 0 radical (unpaired) electrons. The van der Waals surface area contributed by atoms with E-state index in [1.54, 1.807) is 6.07 Å². The molecule has 1 atom stereocenters. The Balaban J connectivity index is 1.96. The number of aromatic nitrogens is 1. The lowest BCUT2D eigenvalue weighted by Crippen LogP contribution is -2.35. The van der Waals surface area contributed by atoms with Crippen LogP contribution in [0.2, 0.25) is 0 Å². The molecule has 1 fully saturated rings. The molecule has 1 aromatic heterocycles. The van der Waals surface area contributed by atoms with E-state index in [0.717, 1.165) is 31.6 Å². The van der Waals surface area contributed by atoms with Gasteiger partial charge in [0, 0.05) is 19.0 Å². The van der Waals surface area contributed by atoms with Crippen LogP contribution in [0.25, 0.3) is 0 Å². The molecule has 0 saturated carbocycles. The number of hydrogen-bond donors (Lipinski definition) is 1. The molecule has 1 aliphatic rings. The molecule has 2 rings (SSSR count). The van der Waals surface area contributed by atoms with Crippen LogP contribution >= 0.6 is 0 Å². The van der Waals surface area contributed by atoms with E-state index in [-0.39, 0.29) is 0 Å². The summed E-state index contributed by atoms with van der Waals surface area (Å²) in [7, 11) is 0. The van der Waals surface area contributed by atoms with Crippen LogP contribution in [-0.4, -0.2) is 29.2 Å². The first-order valence-corrected chi connectivity index (χ1v) is 5.62. The molecule has 0 spiro atoms. The van der Waals surface area contributed by atoms with Crippen molar-refractivity contribution in [1.29, 1.82) is 5.41 Å². The van der Waals surface area contributed by atoms with Gasteiger partial charge in [-0.1, -0.05) is 6.07 Å². The van der Waals surface area contributed by atoms with Crippen molar-refractivity contribution in [1.82, 2.24) is 9.88 Å². The summed E-state index contributed by atoms with van der Waals surface area (Å²) in [4.78, 5) is 6.09. The zero-order valence-electron chi connectivity index (χ0n) is 9.19. The van der Waals surface area contributed by atoms with Crippen molar-refractivity contribution in [2.45, 2.75) is 19.4 Å². The molecule has 1 aromatic rings. The molecule has 0 aliphatic carbocycles. The summed E-state index contributed by atoms with van der Waals surface area (Å²) in [6.07, 6.45) is 3.72. The van der Waals surface area contributed by atoms with Crippen molar-refractivity contribution in [3.8, 4) is 0 Å².